The molecule has 104 valence electrons. The van der Waals surface area contributed by atoms with Crippen molar-refractivity contribution in [2.45, 2.75) is 25.8 Å². The molecule has 0 aromatic carbocycles. The van der Waals surface area contributed by atoms with E-state index in [9.17, 15) is 9.59 Å². The van der Waals surface area contributed by atoms with Gasteiger partial charge < -0.3 is 5.32 Å². The lowest BCUT2D eigenvalue weighted by molar-refractivity contribution is -0.121. The summed E-state index contributed by atoms with van der Waals surface area (Å²) in [6.07, 6.45) is 3.51. The highest BCUT2D eigenvalue weighted by Gasteiger charge is 2.15. The Labute approximate surface area is 117 Å². The fraction of sp³-hybridized carbons (Fsp3) is 0.538. The molecule has 1 aromatic rings. The number of imide groups is 1. The first-order chi connectivity index (χ1) is 9.24. The molecule has 1 aliphatic heterocycles. The van der Waals surface area contributed by atoms with Crippen LogP contribution in [-0.4, -0.2) is 36.5 Å². The molecule has 1 aromatic heterocycles. The summed E-state index contributed by atoms with van der Waals surface area (Å²) in [6.45, 7) is 2.67. The maximum absolute atomic E-state index is 11.7. The van der Waals surface area contributed by atoms with E-state index >= 15 is 0 Å². The molecular weight excluding hydrogens is 262 g/mol. The average Bonchev–Trinajstić information content (AvgIpc) is 2.90. The van der Waals surface area contributed by atoms with Gasteiger partial charge in [0.15, 0.2) is 0 Å². The van der Waals surface area contributed by atoms with Crippen molar-refractivity contribution < 1.29 is 9.59 Å². The van der Waals surface area contributed by atoms with Crippen LogP contribution in [0.4, 0.5) is 4.79 Å². The van der Waals surface area contributed by atoms with Gasteiger partial charge in [0, 0.05) is 4.88 Å². The molecule has 0 saturated carbocycles. The predicted octanol–water partition coefficient (Wildman–Crippen LogP) is 1.56. The first-order valence-corrected chi connectivity index (χ1v) is 7.44. The summed E-state index contributed by atoms with van der Waals surface area (Å²) in [5.74, 6) is -0.231. The molecule has 0 atom stereocenters. The van der Waals surface area contributed by atoms with E-state index in [1.807, 2.05) is 17.5 Å². The molecule has 0 spiro atoms. The van der Waals surface area contributed by atoms with Gasteiger partial charge in [0.1, 0.15) is 0 Å². The SMILES string of the molecule is O=C(CN1CCCCC1)NC(=O)NCc1cccs1. The molecule has 6 heteroatoms. The van der Waals surface area contributed by atoms with E-state index < -0.39 is 6.03 Å². The Morgan fingerprint density at radius 2 is 2.05 bits per heavy atom. The summed E-state index contributed by atoms with van der Waals surface area (Å²) in [7, 11) is 0. The van der Waals surface area contributed by atoms with Crippen molar-refractivity contribution in [2.75, 3.05) is 19.6 Å². The molecule has 2 N–H and O–H groups in total. The Morgan fingerprint density at radius 3 is 2.74 bits per heavy atom. The molecule has 0 bridgehead atoms. The number of thiophene rings is 1. The number of carbonyl (C=O) groups is 2. The van der Waals surface area contributed by atoms with Crippen molar-refractivity contribution in [3.63, 3.8) is 0 Å². The minimum absolute atomic E-state index is 0.231. The molecule has 1 fully saturated rings. The molecule has 0 unspecified atom stereocenters. The number of nitrogens with zero attached hydrogens (tertiary/aromatic N) is 1. The summed E-state index contributed by atoms with van der Waals surface area (Å²) >= 11 is 1.58. The molecule has 1 aliphatic rings. The maximum Gasteiger partial charge on any atom is 0.321 e. The number of likely N-dealkylation sites (tertiary alicyclic amines) is 1. The average molecular weight is 281 g/mol. The highest BCUT2D eigenvalue weighted by atomic mass is 32.1. The van der Waals surface area contributed by atoms with Crippen molar-refractivity contribution in [3.8, 4) is 0 Å². The Balaban J connectivity index is 1.65. The van der Waals surface area contributed by atoms with Crippen LogP contribution in [0.5, 0.6) is 0 Å². The van der Waals surface area contributed by atoms with Crippen molar-refractivity contribution in [1.29, 1.82) is 0 Å². The van der Waals surface area contributed by atoms with Gasteiger partial charge in [-0.25, -0.2) is 4.79 Å². The van der Waals surface area contributed by atoms with E-state index in [0.717, 1.165) is 30.8 Å². The third-order valence-electron chi connectivity index (χ3n) is 3.07. The van der Waals surface area contributed by atoms with E-state index in [1.165, 1.54) is 6.42 Å². The Bertz CT molecular complexity index is 414. The van der Waals surface area contributed by atoms with Crippen molar-refractivity contribution >= 4 is 23.3 Å². The summed E-state index contributed by atoms with van der Waals surface area (Å²) in [6, 6.07) is 3.46. The number of urea groups is 1. The molecule has 2 rings (SSSR count). The lowest BCUT2D eigenvalue weighted by Gasteiger charge is -2.25. The van der Waals surface area contributed by atoms with Gasteiger partial charge in [-0.1, -0.05) is 12.5 Å². The molecule has 5 nitrogen and oxygen atoms in total. The predicted molar refractivity (Wildman–Crippen MR) is 75.0 cm³/mol. The van der Waals surface area contributed by atoms with Gasteiger partial charge in [-0.2, -0.15) is 0 Å². The van der Waals surface area contributed by atoms with Gasteiger partial charge in [0.25, 0.3) is 0 Å². The number of nitrogens with one attached hydrogen (secondary N) is 2. The molecule has 3 amide bonds. The number of carbonyl (C=O) groups excluding carboxylic acids is 2. The largest absolute Gasteiger partial charge is 0.333 e. The fourth-order valence-electron chi connectivity index (χ4n) is 2.11. The van der Waals surface area contributed by atoms with Crippen LogP contribution < -0.4 is 10.6 Å². The lowest BCUT2D eigenvalue weighted by atomic mass is 10.1. The van der Waals surface area contributed by atoms with Crippen LogP contribution in [0.25, 0.3) is 0 Å². The second-order valence-corrected chi connectivity index (χ2v) is 5.68. The molecular formula is C13H19N3O2S. The van der Waals surface area contributed by atoms with Crippen molar-refractivity contribution in [1.82, 2.24) is 15.5 Å². The molecule has 2 heterocycles. The monoisotopic (exact) mass is 281 g/mol. The molecule has 1 saturated heterocycles. The number of hydrogen-bond acceptors (Lipinski definition) is 4. The Hall–Kier alpha value is -1.40. The highest BCUT2D eigenvalue weighted by molar-refractivity contribution is 7.09. The van der Waals surface area contributed by atoms with Crippen LogP contribution in [0, 0.1) is 0 Å². The topological polar surface area (TPSA) is 61.4 Å². The van der Waals surface area contributed by atoms with Crippen LogP contribution in [0.3, 0.4) is 0 Å². The van der Waals surface area contributed by atoms with Crippen LogP contribution in [-0.2, 0) is 11.3 Å². The van der Waals surface area contributed by atoms with Crippen molar-refractivity contribution in [2.24, 2.45) is 0 Å². The Morgan fingerprint density at radius 1 is 1.26 bits per heavy atom. The minimum Gasteiger partial charge on any atom is -0.333 e. The lowest BCUT2D eigenvalue weighted by Crippen LogP contribution is -2.45. The third kappa shape index (κ3) is 5.00. The second kappa shape index (κ2) is 7.25. The summed E-state index contributed by atoms with van der Waals surface area (Å²) in [5.41, 5.74) is 0. The first-order valence-electron chi connectivity index (χ1n) is 6.56. The van der Waals surface area contributed by atoms with Gasteiger partial charge in [-0.05, 0) is 37.4 Å². The van der Waals surface area contributed by atoms with Crippen LogP contribution >= 0.6 is 11.3 Å². The summed E-state index contributed by atoms with van der Waals surface area (Å²) in [5, 5.41) is 6.99. The first kappa shape index (κ1) is 14.0. The molecule has 0 aliphatic carbocycles. The number of hydrogen-bond donors (Lipinski definition) is 2. The quantitative estimate of drug-likeness (QED) is 0.880. The maximum atomic E-state index is 11.7. The smallest absolute Gasteiger partial charge is 0.321 e. The van der Waals surface area contributed by atoms with Gasteiger partial charge in [-0.3, -0.25) is 15.0 Å². The van der Waals surface area contributed by atoms with E-state index in [4.69, 9.17) is 0 Å². The number of piperidine rings is 1. The van der Waals surface area contributed by atoms with Gasteiger partial charge in [-0.15, -0.1) is 11.3 Å². The molecule has 19 heavy (non-hydrogen) atoms. The van der Waals surface area contributed by atoms with Crippen molar-refractivity contribution in [3.05, 3.63) is 22.4 Å². The zero-order valence-electron chi connectivity index (χ0n) is 10.9. The van der Waals surface area contributed by atoms with Crippen LogP contribution in [0.2, 0.25) is 0 Å². The third-order valence-corrected chi connectivity index (χ3v) is 3.95. The van der Waals surface area contributed by atoms with E-state index in [0.29, 0.717) is 13.1 Å². The standard InChI is InChI=1S/C13H19N3O2S/c17-12(10-16-6-2-1-3-7-16)15-13(18)14-9-11-5-4-8-19-11/h4-5,8H,1-3,6-7,9-10H2,(H2,14,15,17,18). The summed E-state index contributed by atoms with van der Waals surface area (Å²) < 4.78 is 0. The van der Waals surface area contributed by atoms with E-state index in [-0.39, 0.29) is 5.91 Å². The number of rotatable bonds is 4. The van der Waals surface area contributed by atoms with Gasteiger partial charge >= 0.3 is 6.03 Å². The van der Waals surface area contributed by atoms with Gasteiger partial charge in [0.05, 0.1) is 13.1 Å². The van der Waals surface area contributed by atoms with Crippen LogP contribution in [0.15, 0.2) is 17.5 Å². The number of amides is 3. The molecule has 0 radical (unpaired) electrons. The summed E-state index contributed by atoms with van der Waals surface area (Å²) in [4.78, 5) is 26.4. The zero-order valence-corrected chi connectivity index (χ0v) is 11.7. The zero-order chi connectivity index (χ0) is 13.5. The minimum atomic E-state index is -0.421. The second-order valence-electron chi connectivity index (χ2n) is 4.65. The van der Waals surface area contributed by atoms with E-state index in [1.54, 1.807) is 11.3 Å². The fourth-order valence-corrected chi connectivity index (χ4v) is 2.76. The normalized spacial score (nSPS) is 16.0. The highest BCUT2D eigenvalue weighted by Crippen LogP contribution is 2.08. The Kier molecular flexibility index (Phi) is 5.35. The van der Waals surface area contributed by atoms with Crippen LogP contribution in [0.1, 0.15) is 24.1 Å². The van der Waals surface area contributed by atoms with Gasteiger partial charge in [0.2, 0.25) is 5.91 Å². The van der Waals surface area contributed by atoms with E-state index in [2.05, 4.69) is 15.5 Å².